The third-order valence-electron chi connectivity index (χ3n) is 5.96. The van der Waals surface area contributed by atoms with E-state index in [1.807, 2.05) is 97.9 Å². The zero-order chi connectivity index (χ0) is 25.3. The molecule has 0 radical (unpaired) electrons. The van der Waals surface area contributed by atoms with Crippen molar-refractivity contribution in [2.24, 2.45) is 0 Å². The summed E-state index contributed by atoms with van der Waals surface area (Å²) in [6.07, 6.45) is 0.382. The first-order valence-electron chi connectivity index (χ1n) is 12.0. The van der Waals surface area contributed by atoms with Crippen molar-refractivity contribution >= 4 is 34.2 Å². The van der Waals surface area contributed by atoms with E-state index in [1.54, 1.807) is 11.0 Å². The summed E-state index contributed by atoms with van der Waals surface area (Å²) in [7, 11) is 0. The molecule has 0 unspecified atom stereocenters. The molecule has 4 rings (SSSR count). The van der Waals surface area contributed by atoms with Crippen molar-refractivity contribution in [2.75, 3.05) is 13.2 Å². The van der Waals surface area contributed by atoms with Crippen molar-refractivity contribution in [2.45, 2.75) is 25.9 Å². The summed E-state index contributed by atoms with van der Waals surface area (Å²) >= 11 is 6.22. The number of nitrogens with zero attached hydrogens (tertiary/aromatic N) is 1. The van der Waals surface area contributed by atoms with Crippen LogP contribution in [0.1, 0.15) is 18.1 Å². The van der Waals surface area contributed by atoms with Crippen LogP contribution in [0.25, 0.3) is 10.8 Å². The zero-order valence-corrected chi connectivity index (χ0v) is 20.9. The Bertz CT molecular complexity index is 1320. The quantitative estimate of drug-likeness (QED) is 0.306. The molecule has 36 heavy (non-hydrogen) atoms. The predicted octanol–water partition coefficient (Wildman–Crippen LogP) is 5.65. The summed E-state index contributed by atoms with van der Waals surface area (Å²) in [4.78, 5) is 28.5. The molecule has 184 valence electrons. The highest BCUT2D eigenvalue weighted by molar-refractivity contribution is 6.30. The number of nitrogens with one attached hydrogen (secondary N) is 1. The van der Waals surface area contributed by atoms with Gasteiger partial charge in [0.1, 0.15) is 11.8 Å². The Morgan fingerprint density at radius 2 is 1.58 bits per heavy atom. The predicted molar refractivity (Wildman–Crippen MR) is 144 cm³/mol. The minimum Gasteiger partial charge on any atom is -0.483 e. The number of carbonyl (C=O) groups excluding carboxylic acids is 2. The van der Waals surface area contributed by atoms with Gasteiger partial charge in [-0.2, -0.15) is 0 Å². The molecular formula is C30H29ClN2O3. The Balaban J connectivity index is 1.63. The van der Waals surface area contributed by atoms with Crippen LogP contribution in [0.2, 0.25) is 5.02 Å². The maximum Gasteiger partial charge on any atom is 0.261 e. The second-order valence-electron chi connectivity index (χ2n) is 8.52. The fourth-order valence-electron chi connectivity index (χ4n) is 4.22. The smallest absolute Gasteiger partial charge is 0.261 e. The molecule has 6 heteroatoms. The van der Waals surface area contributed by atoms with Crippen LogP contribution in [0.5, 0.6) is 5.75 Å². The van der Waals surface area contributed by atoms with Crippen LogP contribution in [-0.4, -0.2) is 35.9 Å². The lowest BCUT2D eigenvalue weighted by molar-refractivity contribution is -0.142. The van der Waals surface area contributed by atoms with Gasteiger partial charge in [0.15, 0.2) is 6.61 Å². The molecule has 0 aliphatic heterocycles. The van der Waals surface area contributed by atoms with Crippen LogP contribution in [0.3, 0.4) is 0 Å². The molecule has 1 atom stereocenters. The van der Waals surface area contributed by atoms with Gasteiger partial charge in [-0.3, -0.25) is 9.59 Å². The summed E-state index contributed by atoms with van der Waals surface area (Å²) in [5.41, 5.74) is 1.80. The van der Waals surface area contributed by atoms with Crippen LogP contribution >= 0.6 is 11.6 Å². The number of carbonyl (C=O) groups is 2. The highest BCUT2D eigenvalue weighted by Gasteiger charge is 2.30. The average Bonchev–Trinajstić information content (AvgIpc) is 2.90. The third kappa shape index (κ3) is 6.43. The molecule has 0 aliphatic rings. The van der Waals surface area contributed by atoms with E-state index in [0.29, 0.717) is 23.7 Å². The molecule has 0 aliphatic carbocycles. The van der Waals surface area contributed by atoms with Crippen molar-refractivity contribution in [3.8, 4) is 5.75 Å². The standard InChI is InChI=1S/C30H29ClN2O3/c1-2-32-30(35)27(19-22-10-4-3-5-11-22)33(20-23-12-8-15-25(31)18-23)29(34)21-36-28-17-9-14-24-13-6-7-16-26(24)28/h3-18,27H,2,19-21H2,1H3,(H,32,35)/t27-/m1/s1. The number of benzene rings is 4. The lowest BCUT2D eigenvalue weighted by Gasteiger charge is -2.31. The highest BCUT2D eigenvalue weighted by atomic mass is 35.5. The van der Waals surface area contributed by atoms with Crippen LogP contribution in [0.15, 0.2) is 97.1 Å². The van der Waals surface area contributed by atoms with E-state index in [9.17, 15) is 9.59 Å². The van der Waals surface area contributed by atoms with Crippen LogP contribution in [0, 0.1) is 0 Å². The molecule has 4 aromatic rings. The molecule has 5 nitrogen and oxygen atoms in total. The van der Waals surface area contributed by atoms with Gasteiger partial charge in [0, 0.05) is 29.9 Å². The van der Waals surface area contributed by atoms with Crippen LogP contribution in [0.4, 0.5) is 0 Å². The van der Waals surface area contributed by atoms with Crippen molar-refractivity contribution in [1.82, 2.24) is 10.2 Å². The summed E-state index contributed by atoms with van der Waals surface area (Å²) in [6, 6.07) is 29.9. The molecule has 2 amide bonds. The van der Waals surface area contributed by atoms with Gasteiger partial charge in [0.25, 0.3) is 5.91 Å². The summed E-state index contributed by atoms with van der Waals surface area (Å²) in [5, 5.41) is 5.43. The van der Waals surface area contributed by atoms with Gasteiger partial charge in [-0.05, 0) is 41.6 Å². The average molecular weight is 501 g/mol. The third-order valence-corrected chi connectivity index (χ3v) is 6.20. The second-order valence-corrected chi connectivity index (χ2v) is 8.95. The molecule has 4 aromatic carbocycles. The van der Waals surface area contributed by atoms with Crippen molar-refractivity contribution in [1.29, 1.82) is 0 Å². The number of hydrogen-bond acceptors (Lipinski definition) is 3. The Morgan fingerprint density at radius 1 is 0.889 bits per heavy atom. The highest BCUT2D eigenvalue weighted by Crippen LogP contribution is 2.25. The minimum atomic E-state index is -0.713. The zero-order valence-electron chi connectivity index (χ0n) is 20.2. The largest absolute Gasteiger partial charge is 0.483 e. The normalized spacial score (nSPS) is 11.6. The Hall–Kier alpha value is -3.83. The number of fused-ring (bicyclic) bond motifs is 1. The molecule has 0 heterocycles. The lowest BCUT2D eigenvalue weighted by atomic mass is 10.0. The van der Waals surface area contributed by atoms with Crippen molar-refractivity contribution in [3.63, 3.8) is 0 Å². The number of ether oxygens (including phenoxy) is 1. The molecule has 0 spiro atoms. The van der Waals surface area contributed by atoms with Gasteiger partial charge in [-0.15, -0.1) is 0 Å². The van der Waals surface area contributed by atoms with E-state index < -0.39 is 6.04 Å². The lowest BCUT2D eigenvalue weighted by Crippen LogP contribution is -2.51. The topological polar surface area (TPSA) is 58.6 Å². The van der Waals surface area contributed by atoms with Gasteiger partial charge in [0.05, 0.1) is 0 Å². The number of halogens is 1. The Kier molecular flexibility index (Phi) is 8.58. The summed E-state index contributed by atoms with van der Waals surface area (Å²) in [5.74, 6) is 0.138. The van der Waals surface area contributed by atoms with E-state index >= 15 is 0 Å². The van der Waals surface area contributed by atoms with E-state index in [2.05, 4.69) is 5.32 Å². The van der Waals surface area contributed by atoms with Gasteiger partial charge in [-0.25, -0.2) is 0 Å². The van der Waals surface area contributed by atoms with E-state index in [4.69, 9.17) is 16.3 Å². The first-order valence-corrected chi connectivity index (χ1v) is 12.4. The summed E-state index contributed by atoms with van der Waals surface area (Å²) in [6.45, 7) is 2.37. The molecule has 0 saturated carbocycles. The van der Waals surface area contributed by atoms with Gasteiger partial charge < -0.3 is 15.0 Å². The number of rotatable bonds is 10. The van der Waals surface area contributed by atoms with Gasteiger partial charge >= 0.3 is 0 Å². The van der Waals surface area contributed by atoms with E-state index in [-0.39, 0.29) is 25.0 Å². The Labute approximate surface area is 216 Å². The monoisotopic (exact) mass is 500 g/mol. The van der Waals surface area contributed by atoms with Crippen molar-refractivity contribution < 1.29 is 14.3 Å². The summed E-state index contributed by atoms with van der Waals surface area (Å²) < 4.78 is 6.01. The van der Waals surface area contributed by atoms with Crippen LogP contribution in [-0.2, 0) is 22.6 Å². The molecule has 0 saturated heterocycles. The molecule has 0 aromatic heterocycles. The fourth-order valence-corrected chi connectivity index (χ4v) is 4.43. The number of hydrogen-bond donors (Lipinski definition) is 1. The Morgan fingerprint density at radius 3 is 2.36 bits per heavy atom. The number of amides is 2. The second kappa shape index (κ2) is 12.2. The molecule has 1 N–H and O–H groups in total. The SMILES string of the molecule is CCNC(=O)[C@@H](Cc1ccccc1)N(Cc1cccc(Cl)c1)C(=O)COc1cccc2ccccc12. The van der Waals surface area contributed by atoms with Crippen LogP contribution < -0.4 is 10.1 Å². The van der Waals surface area contributed by atoms with E-state index in [1.165, 1.54) is 0 Å². The molecule has 0 fully saturated rings. The van der Waals surface area contributed by atoms with Gasteiger partial charge in [-0.1, -0.05) is 90.5 Å². The molecular weight excluding hydrogens is 472 g/mol. The first-order chi connectivity index (χ1) is 17.5. The first kappa shape index (κ1) is 25.3. The molecule has 0 bridgehead atoms. The van der Waals surface area contributed by atoms with Crippen molar-refractivity contribution in [3.05, 3.63) is 113 Å². The maximum absolute atomic E-state index is 13.7. The maximum atomic E-state index is 13.7. The van der Waals surface area contributed by atoms with Gasteiger partial charge in [0.2, 0.25) is 5.91 Å². The van der Waals surface area contributed by atoms with E-state index in [0.717, 1.165) is 21.9 Å². The fraction of sp³-hybridized carbons (Fsp3) is 0.200. The number of likely N-dealkylation sites (N-methyl/N-ethyl adjacent to an activating group) is 1. The minimum absolute atomic E-state index is 0.195.